The van der Waals surface area contributed by atoms with Gasteiger partial charge >= 0.3 is 0 Å². The Morgan fingerprint density at radius 3 is 2.93 bits per heavy atom. The van der Waals surface area contributed by atoms with E-state index in [1.807, 2.05) is 13.0 Å². The largest absolute Gasteiger partial charge is 0.424 e. The van der Waals surface area contributed by atoms with Gasteiger partial charge in [-0.1, -0.05) is 0 Å². The number of aromatic nitrogens is 1. The molecule has 2 rings (SSSR count). The van der Waals surface area contributed by atoms with E-state index in [2.05, 4.69) is 10.3 Å². The molecule has 78 valence electrons. The molecule has 0 aliphatic rings. The minimum Gasteiger partial charge on any atom is -0.424 e. The lowest BCUT2D eigenvalue weighted by molar-refractivity contribution is -0.114. The number of carbonyl (C=O) groups is 1. The van der Waals surface area contributed by atoms with Crippen molar-refractivity contribution in [1.29, 1.82) is 0 Å². The minimum absolute atomic E-state index is 0.120. The highest BCUT2D eigenvalue weighted by Crippen LogP contribution is 2.24. The Balaban J connectivity index is 2.55. The Morgan fingerprint density at radius 2 is 2.27 bits per heavy atom. The van der Waals surface area contributed by atoms with Gasteiger partial charge in [-0.15, -0.1) is 0 Å². The van der Waals surface area contributed by atoms with Crippen molar-refractivity contribution in [3.05, 3.63) is 17.7 Å². The maximum Gasteiger partial charge on any atom is 0.292 e. The molecule has 1 aromatic carbocycles. The highest BCUT2D eigenvalue weighted by molar-refractivity contribution is 5.92. The summed E-state index contributed by atoms with van der Waals surface area (Å²) >= 11 is 0. The molecule has 5 heteroatoms. The van der Waals surface area contributed by atoms with E-state index in [-0.39, 0.29) is 11.9 Å². The summed E-state index contributed by atoms with van der Waals surface area (Å²) in [5, 5.41) is 2.71. The summed E-state index contributed by atoms with van der Waals surface area (Å²) in [4.78, 5) is 14.9. The molecular weight excluding hydrogens is 194 g/mol. The monoisotopic (exact) mass is 205 g/mol. The number of anilines is 2. The van der Waals surface area contributed by atoms with E-state index in [0.717, 1.165) is 5.56 Å². The third-order valence-electron chi connectivity index (χ3n) is 2.06. The van der Waals surface area contributed by atoms with Crippen molar-refractivity contribution in [2.45, 2.75) is 13.8 Å². The third kappa shape index (κ3) is 1.76. The Bertz CT molecular complexity index is 531. The number of amides is 1. The summed E-state index contributed by atoms with van der Waals surface area (Å²) in [6, 6.07) is 3.67. The maximum absolute atomic E-state index is 10.9. The Kier molecular flexibility index (Phi) is 2.07. The van der Waals surface area contributed by atoms with Gasteiger partial charge in [0.15, 0.2) is 5.58 Å². The standard InChI is InChI=1S/C10H11N3O2/c1-5-3-8-9(15-10(11)13-8)4-7(5)12-6(2)14/h3-4H,1-2H3,(H2,11,13)(H,12,14). The summed E-state index contributed by atoms with van der Waals surface area (Å²) in [5.41, 5.74) is 8.33. The average molecular weight is 205 g/mol. The zero-order valence-corrected chi connectivity index (χ0v) is 8.50. The molecule has 0 fully saturated rings. The Morgan fingerprint density at radius 1 is 1.53 bits per heavy atom. The van der Waals surface area contributed by atoms with Crippen molar-refractivity contribution in [3.8, 4) is 0 Å². The van der Waals surface area contributed by atoms with Crippen LogP contribution in [-0.4, -0.2) is 10.9 Å². The Labute approximate surface area is 86.3 Å². The number of oxazole rings is 1. The molecule has 1 amide bonds. The van der Waals surface area contributed by atoms with Crippen LogP contribution in [0.4, 0.5) is 11.7 Å². The molecule has 0 saturated heterocycles. The fourth-order valence-corrected chi connectivity index (χ4v) is 1.42. The van der Waals surface area contributed by atoms with E-state index in [9.17, 15) is 4.79 Å². The van der Waals surface area contributed by atoms with Crippen LogP contribution in [0.5, 0.6) is 0 Å². The lowest BCUT2D eigenvalue weighted by Gasteiger charge is -2.04. The predicted molar refractivity (Wildman–Crippen MR) is 57.5 cm³/mol. The maximum atomic E-state index is 10.9. The second kappa shape index (κ2) is 3.27. The van der Waals surface area contributed by atoms with Crippen LogP contribution in [-0.2, 0) is 4.79 Å². The van der Waals surface area contributed by atoms with Crippen molar-refractivity contribution >= 4 is 28.7 Å². The number of fused-ring (bicyclic) bond motifs is 1. The minimum atomic E-state index is -0.120. The van der Waals surface area contributed by atoms with Crippen molar-refractivity contribution in [3.63, 3.8) is 0 Å². The van der Waals surface area contributed by atoms with E-state index in [4.69, 9.17) is 10.2 Å². The van der Waals surface area contributed by atoms with Crippen LogP contribution in [0.25, 0.3) is 11.1 Å². The SMILES string of the molecule is CC(=O)Nc1cc2oc(N)nc2cc1C. The quantitative estimate of drug-likeness (QED) is 0.742. The highest BCUT2D eigenvalue weighted by atomic mass is 16.4. The summed E-state index contributed by atoms with van der Waals surface area (Å²) in [5.74, 6) is -0.120. The van der Waals surface area contributed by atoms with E-state index in [1.165, 1.54) is 6.92 Å². The van der Waals surface area contributed by atoms with Crippen molar-refractivity contribution in [2.24, 2.45) is 0 Å². The Hall–Kier alpha value is -2.04. The fourth-order valence-electron chi connectivity index (χ4n) is 1.42. The molecule has 0 saturated carbocycles. The zero-order chi connectivity index (χ0) is 11.0. The van der Waals surface area contributed by atoms with Crippen LogP contribution in [0.2, 0.25) is 0 Å². The number of aryl methyl sites for hydroxylation is 1. The fraction of sp³-hybridized carbons (Fsp3) is 0.200. The zero-order valence-electron chi connectivity index (χ0n) is 8.50. The van der Waals surface area contributed by atoms with Gasteiger partial charge in [0.1, 0.15) is 5.52 Å². The molecule has 0 bridgehead atoms. The lowest BCUT2D eigenvalue weighted by atomic mass is 10.2. The van der Waals surface area contributed by atoms with Crippen molar-refractivity contribution in [1.82, 2.24) is 4.98 Å². The molecule has 0 aliphatic carbocycles. The molecule has 0 aliphatic heterocycles. The number of rotatable bonds is 1. The van der Waals surface area contributed by atoms with Gasteiger partial charge < -0.3 is 15.5 Å². The van der Waals surface area contributed by atoms with Gasteiger partial charge in [-0.05, 0) is 18.6 Å². The normalized spacial score (nSPS) is 10.5. The van der Waals surface area contributed by atoms with Gasteiger partial charge in [-0.2, -0.15) is 4.98 Å². The molecule has 1 heterocycles. The molecule has 3 N–H and O–H groups in total. The van der Waals surface area contributed by atoms with Crippen LogP contribution < -0.4 is 11.1 Å². The molecule has 0 spiro atoms. The number of nitrogens with two attached hydrogens (primary N) is 1. The summed E-state index contributed by atoms with van der Waals surface area (Å²) in [6.45, 7) is 3.34. The van der Waals surface area contributed by atoms with Crippen LogP contribution in [0.15, 0.2) is 16.5 Å². The first kappa shape index (κ1) is 9.51. The first-order chi connectivity index (χ1) is 7.06. The first-order valence-corrected chi connectivity index (χ1v) is 4.50. The van der Waals surface area contributed by atoms with Gasteiger partial charge in [0, 0.05) is 18.7 Å². The summed E-state index contributed by atoms with van der Waals surface area (Å²) in [6.07, 6.45) is 0. The highest BCUT2D eigenvalue weighted by Gasteiger charge is 2.07. The summed E-state index contributed by atoms with van der Waals surface area (Å²) in [7, 11) is 0. The first-order valence-electron chi connectivity index (χ1n) is 4.50. The molecule has 0 atom stereocenters. The topological polar surface area (TPSA) is 81.2 Å². The predicted octanol–water partition coefficient (Wildman–Crippen LogP) is 1.68. The second-order valence-electron chi connectivity index (χ2n) is 3.37. The van der Waals surface area contributed by atoms with Gasteiger partial charge in [-0.3, -0.25) is 4.79 Å². The average Bonchev–Trinajstić information content (AvgIpc) is 2.44. The molecule has 2 aromatic rings. The van der Waals surface area contributed by atoms with Crippen LogP contribution in [0.1, 0.15) is 12.5 Å². The van der Waals surface area contributed by atoms with Gasteiger partial charge in [-0.25, -0.2) is 0 Å². The number of nitrogen functional groups attached to an aromatic ring is 1. The van der Waals surface area contributed by atoms with Gasteiger partial charge in [0.25, 0.3) is 6.01 Å². The molecular formula is C10H11N3O2. The van der Waals surface area contributed by atoms with Crippen LogP contribution >= 0.6 is 0 Å². The molecule has 1 aromatic heterocycles. The van der Waals surface area contributed by atoms with Crippen LogP contribution in [0, 0.1) is 6.92 Å². The number of nitrogens with one attached hydrogen (secondary N) is 1. The van der Waals surface area contributed by atoms with Gasteiger partial charge in [0.2, 0.25) is 5.91 Å². The van der Waals surface area contributed by atoms with Gasteiger partial charge in [0.05, 0.1) is 0 Å². The van der Waals surface area contributed by atoms with Crippen LogP contribution in [0.3, 0.4) is 0 Å². The number of carbonyl (C=O) groups excluding carboxylic acids is 1. The van der Waals surface area contributed by atoms with E-state index < -0.39 is 0 Å². The van der Waals surface area contributed by atoms with Crippen molar-refractivity contribution < 1.29 is 9.21 Å². The molecule has 5 nitrogen and oxygen atoms in total. The number of hydrogen-bond acceptors (Lipinski definition) is 4. The number of hydrogen-bond donors (Lipinski definition) is 2. The third-order valence-corrected chi connectivity index (χ3v) is 2.06. The second-order valence-corrected chi connectivity index (χ2v) is 3.37. The van der Waals surface area contributed by atoms with Crippen molar-refractivity contribution in [2.75, 3.05) is 11.1 Å². The lowest BCUT2D eigenvalue weighted by Crippen LogP contribution is -2.06. The molecule has 0 unspecified atom stereocenters. The molecule has 0 radical (unpaired) electrons. The van der Waals surface area contributed by atoms with E-state index >= 15 is 0 Å². The number of benzene rings is 1. The smallest absolute Gasteiger partial charge is 0.292 e. The number of nitrogens with zero attached hydrogens (tertiary/aromatic N) is 1. The molecule has 15 heavy (non-hydrogen) atoms. The van der Waals surface area contributed by atoms with E-state index in [0.29, 0.717) is 16.8 Å². The summed E-state index contributed by atoms with van der Waals surface area (Å²) < 4.78 is 5.16. The van der Waals surface area contributed by atoms with E-state index in [1.54, 1.807) is 6.07 Å².